The average molecular weight is 322 g/mol. The van der Waals surface area contributed by atoms with Crippen LogP contribution in [0.1, 0.15) is 46.2 Å². The van der Waals surface area contributed by atoms with E-state index in [2.05, 4.69) is 17.3 Å². The highest BCUT2D eigenvalue weighted by molar-refractivity contribution is 5.68. The van der Waals surface area contributed by atoms with Gasteiger partial charge in [0.25, 0.3) is 0 Å². The lowest BCUT2D eigenvalue weighted by atomic mass is 9.80. The molecule has 0 unspecified atom stereocenters. The minimum absolute atomic E-state index is 0.192. The van der Waals surface area contributed by atoms with Crippen LogP contribution >= 0.6 is 0 Å². The highest BCUT2D eigenvalue weighted by Gasteiger charge is 2.33. The van der Waals surface area contributed by atoms with Crippen LogP contribution in [0.3, 0.4) is 0 Å². The van der Waals surface area contributed by atoms with Gasteiger partial charge >= 0.3 is 6.09 Å². The molecule has 0 aromatic carbocycles. The Labute approximate surface area is 139 Å². The van der Waals surface area contributed by atoms with Crippen molar-refractivity contribution in [1.82, 2.24) is 20.0 Å². The summed E-state index contributed by atoms with van der Waals surface area (Å²) in [4.78, 5) is 13.9. The summed E-state index contributed by atoms with van der Waals surface area (Å²) in [6.45, 7) is 11.3. The summed E-state index contributed by atoms with van der Waals surface area (Å²) < 4.78 is 7.34. The summed E-state index contributed by atoms with van der Waals surface area (Å²) in [5, 5.41) is 7.70. The van der Waals surface area contributed by atoms with E-state index in [1.165, 1.54) is 5.69 Å². The van der Waals surface area contributed by atoms with Gasteiger partial charge in [0.15, 0.2) is 0 Å². The Morgan fingerprint density at radius 1 is 1.39 bits per heavy atom. The molecule has 1 amide bonds. The number of piperidine rings is 1. The highest BCUT2D eigenvalue weighted by atomic mass is 16.6. The normalized spacial score (nSPS) is 18.0. The molecule has 2 rings (SSSR count). The number of ether oxygens (including phenoxy) is 1. The largest absolute Gasteiger partial charge is 0.444 e. The zero-order valence-electron chi connectivity index (χ0n) is 15.1. The van der Waals surface area contributed by atoms with Gasteiger partial charge < -0.3 is 15.0 Å². The van der Waals surface area contributed by atoms with Crippen molar-refractivity contribution in [1.29, 1.82) is 0 Å². The van der Waals surface area contributed by atoms with E-state index in [9.17, 15) is 4.79 Å². The van der Waals surface area contributed by atoms with Crippen molar-refractivity contribution < 1.29 is 9.53 Å². The van der Waals surface area contributed by atoms with Crippen LogP contribution in [0.4, 0.5) is 4.79 Å². The van der Waals surface area contributed by atoms with Gasteiger partial charge in [0.1, 0.15) is 5.60 Å². The summed E-state index contributed by atoms with van der Waals surface area (Å²) in [7, 11) is 1.96. The van der Waals surface area contributed by atoms with Gasteiger partial charge in [0.05, 0.1) is 5.69 Å². The van der Waals surface area contributed by atoms with Crippen molar-refractivity contribution in [3.8, 4) is 0 Å². The second kappa shape index (κ2) is 6.91. The van der Waals surface area contributed by atoms with E-state index in [0.717, 1.165) is 39.0 Å². The maximum atomic E-state index is 12.1. The van der Waals surface area contributed by atoms with E-state index in [-0.39, 0.29) is 11.5 Å². The maximum absolute atomic E-state index is 12.1. The van der Waals surface area contributed by atoms with Gasteiger partial charge in [-0.25, -0.2) is 4.79 Å². The number of rotatable bonds is 4. The molecule has 2 heterocycles. The maximum Gasteiger partial charge on any atom is 0.410 e. The molecule has 6 nitrogen and oxygen atoms in total. The molecule has 0 radical (unpaired) electrons. The summed E-state index contributed by atoms with van der Waals surface area (Å²) in [5.41, 5.74) is 0.972. The molecule has 6 heteroatoms. The Bertz CT molecular complexity index is 525. The number of carbonyl (C=O) groups excluding carboxylic acids is 1. The molecule has 1 N–H and O–H groups in total. The third-order valence-electron chi connectivity index (χ3n) is 4.40. The summed E-state index contributed by atoms with van der Waals surface area (Å²) >= 11 is 0. The molecule has 0 aliphatic carbocycles. The fourth-order valence-corrected chi connectivity index (χ4v) is 2.80. The Kier molecular flexibility index (Phi) is 5.34. The van der Waals surface area contributed by atoms with Crippen LogP contribution < -0.4 is 5.32 Å². The topological polar surface area (TPSA) is 59.4 Å². The Morgan fingerprint density at radius 3 is 2.57 bits per heavy atom. The molecule has 1 aliphatic heterocycles. The molecule has 23 heavy (non-hydrogen) atoms. The minimum atomic E-state index is -0.428. The van der Waals surface area contributed by atoms with Crippen LogP contribution in [-0.4, -0.2) is 46.0 Å². The number of nitrogens with one attached hydrogen (secondary N) is 1. The number of aromatic nitrogens is 2. The summed E-state index contributed by atoms with van der Waals surface area (Å²) in [6.07, 6.45) is 3.61. The summed E-state index contributed by atoms with van der Waals surface area (Å²) in [5.74, 6) is 0. The smallest absolute Gasteiger partial charge is 0.410 e. The molecule has 1 saturated heterocycles. The van der Waals surface area contributed by atoms with Gasteiger partial charge in [0.2, 0.25) is 0 Å². The van der Waals surface area contributed by atoms with Gasteiger partial charge in [-0.15, -0.1) is 0 Å². The first-order valence-electron chi connectivity index (χ1n) is 8.34. The predicted molar refractivity (Wildman–Crippen MR) is 90.1 cm³/mol. The van der Waals surface area contributed by atoms with Gasteiger partial charge in [-0.1, -0.05) is 6.92 Å². The minimum Gasteiger partial charge on any atom is -0.444 e. The first-order chi connectivity index (χ1) is 10.7. The molecule has 1 aromatic heterocycles. The molecule has 1 aliphatic rings. The fourth-order valence-electron chi connectivity index (χ4n) is 2.80. The van der Waals surface area contributed by atoms with Crippen molar-refractivity contribution in [2.45, 2.75) is 52.7 Å². The Morgan fingerprint density at radius 2 is 2.04 bits per heavy atom. The lowest BCUT2D eigenvalue weighted by Crippen LogP contribution is -2.47. The van der Waals surface area contributed by atoms with E-state index in [0.29, 0.717) is 0 Å². The predicted octanol–water partition coefficient (Wildman–Crippen LogP) is 2.55. The van der Waals surface area contributed by atoms with Crippen LogP contribution in [0.15, 0.2) is 12.3 Å². The summed E-state index contributed by atoms with van der Waals surface area (Å²) in [6, 6.07) is 2.03. The van der Waals surface area contributed by atoms with Crippen LogP contribution in [-0.2, 0) is 18.3 Å². The fraction of sp³-hybridized carbons (Fsp3) is 0.765. The third-order valence-corrected chi connectivity index (χ3v) is 4.40. The monoisotopic (exact) mass is 322 g/mol. The van der Waals surface area contributed by atoms with Crippen molar-refractivity contribution in [2.75, 3.05) is 19.6 Å². The number of amides is 1. The number of carbonyl (C=O) groups is 1. The number of aryl methyl sites for hydroxylation is 1. The molecule has 1 aromatic rings. The SMILES string of the molecule is Cn1nccc1CNCC1(C)CCN(C(=O)OC(C)(C)C)CC1. The molecule has 0 spiro atoms. The molecule has 0 bridgehead atoms. The van der Waals surface area contributed by atoms with Gasteiger partial charge in [-0.2, -0.15) is 5.10 Å². The van der Waals surface area contributed by atoms with E-state index in [1.807, 2.05) is 49.7 Å². The van der Waals surface area contributed by atoms with Crippen LogP contribution in [0, 0.1) is 5.41 Å². The molecule has 0 atom stereocenters. The number of hydrogen-bond donors (Lipinski definition) is 1. The van der Waals surface area contributed by atoms with Gasteiger partial charge in [-0.05, 0) is 45.1 Å². The second-order valence-corrected chi connectivity index (χ2v) is 7.83. The van der Waals surface area contributed by atoms with Crippen molar-refractivity contribution >= 4 is 6.09 Å². The highest BCUT2D eigenvalue weighted by Crippen LogP contribution is 2.30. The third kappa shape index (κ3) is 5.23. The van der Waals surface area contributed by atoms with E-state index < -0.39 is 5.60 Å². The zero-order valence-corrected chi connectivity index (χ0v) is 15.1. The number of hydrogen-bond acceptors (Lipinski definition) is 4. The first-order valence-corrected chi connectivity index (χ1v) is 8.34. The molecule has 0 saturated carbocycles. The van der Waals surface area contributed by atoms with Crippen LogP contribution in [0.2, 0.25) is 0 Å². The van der Waals surface area contributed by atoms with Crippen LogP contribution in [0.5, 0.6) is 0 Å². The zero-order chi connectivity index (χ0) is 17.1. The van der Waals surface area contributed by atoms with Crippen molar-refractivity contribution in [3.63, 3.8) is 0 Å². The average Bonchev–Trinajstić information content (AvgIpc) is 2.83. The van der Waals surface area contributed by atoms with Crippen molar-refractivity contribution in [2.24, 2.45) is 12.5 Å². The molecule has 1 fully saturated rings. The molecular weight excluding hydrogens is 292 g/mol. The molecular formula is C17H30N4O2. The van der Waals surface area contributed by atoms with Gasteiger partial charge in [0, 0.05) is 39.4 Å². The first kappa shape index (κ1) is 17.8. The second-order valence-electron chi connectivity index (χ2n) is 7.83. The Balaban J connectivity index is 1.76. The van der Waals surface area contributed by atoms with Gasteiger partial charge in [-0.3, -0.25) is 4.68 Å². The lowest BCUT2D eigenvalue weighted by molar-refractivity contribution is 0.0119. The van der Waals surface area contributed by atoms with E-state index >= 15 is 0 Å². The lowest BCUT2D eigenvalue weighted by Gasteiger charge is -2.39. The van der Waals surface area contributed by atoms with E-state index in [4.69, 9.17) is 4.74 Å². The number of likely N-dealkylation sites (tertiary alicyclic amines) is 1. The van der Waals surface area contributed by atoms with Crippen molar-refractivity contribution in [3.05, 3.63) is 18.0 Å². The quantitative estimate of drug-likeness (QED) is 0.925. The standard InChI is InChI=1S/C17H30N4O2/c1-16(2,3)23-15(22)21-10-7-17(4,8-11-21)13-18-12-14-6-9-19-20(14)5/h6,9,18H,7-8,10-13H2,1-5H3. The van der Waals surface area contributed by atoms with E-state index in [1.54, 1.807) is 0 Å². The Hall–Kier alpha value is -1.56. The molecule has 130 valence electrons. The van der Waals surface area contributed by atoms with Crippen LogP contribution in [0.25, 0.3) is 0 Å². The number of nitrogens with zero attached hydrogens (tertiary/aromatic N) is 3.